The molecule has 0 radical (unpaired) electrons. The number of anilines is 1. The zero-order valence-corrected chi connectivity index (χ0v) is 12.1. The van der Waals surface area contributed by atoms with Gasteiger partial charge < -0.3 is 10.6 Å². The lowest BCUT2D eigenvalue weighted by molar-refractivity contribution is 0.0891. The number of carbonyl (C=O) groups is 1. The van der Waals surface area contributed by atoms with Crippen molar-refractivity contribution < 1.29 is 4.79 Å². The van der Waals surface area contributed by atoms with E-state index in [2.05, 4.69) is 29.5 Å². The molecule has 0 aromatic carbocycles. The second-order valence-corrected chi connectivity index (χ2v) is 5.61. The number of halogens is 1. The molecule has 19 heavy (non-hydrogen) atoms. The molecule has 1 aliphatic carbocycles. The first-order valence-corrected chi connectivity index (χ1v) is 7.19. The monoisotopic (exact) mass is 281 g/mol. The second-order valence-electron chi connectivity index (χ2n) is 5.20. The van der Waals surface area contributed by atoms with Gasteiger partial charge in [-0.05, 0) is 37.3 Å². The largest absolute Gasteiger partial charge is 0.370 e. The van der Waals surface area contributed by atoms with Crippen LogP contribution in [0.5, 0.6) is 0 Å². The normalized spacial score (nSPS) is 21.6. The van der Waals surface area contributed by atoms with Crippen LogP contribution in [0, 0.1) is 5.92 Å². The van der Waals surface area contributed by atoms with E-state index in [-0.39, 0.29) is 11.9 Å². The lowest BCUT2D eigenvalue weighted by atomic mass is 9.82. The van der Waals surface area contributed by atoms with Crippen LogP contribution in [0.4, 0.5) is 5.82 Å². The van der Waals surface area contributed by atoms with E-state index in [0.29, 0.717) is 22.5 Å². The molecule has 0 atom stereocenters. The summed E-state index contributed by atoms with van der Waals surface area (Å²) < 4.78 is 0. The van der Waals surface area contributed by atoms with Crippen molar-refractivity contribution in [3.8, 4) is 0 Å². The first-order valence-electron chi connectivity index (χ1n) is 6.81. The number of hydrogen-bond acceptors (Lipinski definition) is 3. The summed E-state index contributed by atoms with van der Waals surface area (Å²) >= 11 is 6.05. The van der Waals surface area contributed by atoms with Crippen LogP contribution in [0.15, 0.2) is 12.1 Å². The van der Waals surface area contributed by atoms with E-state index >= 15 is 0 Å². The Bertz CT molecular complexity index is 458. The second kappa shape index (κ2) is 6.24. The highest BCUT2D eigenvalue weighted by molar-refractivity contribution is 6.33. The van der Waals surface area contributed by atoms with Gasteiger partial charge in [0.15, 0.2) is 0 Å². The number of aromatic nitrogens is 1. The summed E-state index contributed by atoms with van der Waals surface area (Å²) in [7, 11) is 0. The van der Waals surface area contributed by atoms with Crippen LogP contribution in [0.1, 0.15) is 43.6 Å². The Morgan fingerprint density at radius 2 is 2.21 bits per heavy atom. The third-order valence-electron chi connectivity index (χ3n) is 3.33. The van der Waals surface area contributed by atoms with Gasteiger partial charge in [-0.25, -0.2) is 4.98 Å². The van der Waals surface area contributed by atoms with Crippen LogP contribution in [-0.2, 0) is 0 Å². The highest BCUT2D eigenvalue weighted by Gasteiger charge is 2.27. The number of pyridine rings is 1. The third-order valence-corrected chi connectivity index (χ3v) is 3.63. The summed E-state index contributed by atoms with van der Waals surface area (Å²) in [6.45, 7) is 5.09. The Labute approximate surface area is 118 Å². The Hall–Kier alpha value is -1.29. The minimum absolute atomic E-state index is 0.179. The van der Waals surface area contributed by atoms with Crippen molar-refractivity contribution in [2.75, 3.05) is 11.9 Å². The zero-order chi connectivity index (χ0) is 13.8. The SMILES string of the molecule is CCCNc1ccc(Cl)c(C(=O)NC2CC(C)C2)n1. The molecule has 1 fully saturated rings. The molecule has 1 heterocycles. The van der Waals surface area contributed by atoms with E-state index < -0.39 is 0 Å². The van der Waals surface area contributed by atoms with Crippen molar-refractivity contribution in [2.45, 2.75) is 39.2 Å². The number of rotatable bonds is 5. The molecule has 0 unspecified atom stereocenters. The number of nitrogens with zero attached hydrogens (tertiary/aromatic N) is 1. The molecule has 1 aliphatic rings. The van der Waals surface area contributed by atoms with Crippen LogP contribution in [0.2, 0.25) is 5.02 Å². The molecule has 0 bridgehead atoms. The van der Waals surface area contributed by atoms with Gasteiger partial charge in [0.2, 0.25) is 0 Å². The van der Waals surface area contributed by atoms with Crippen molar-refractivity contribution in [2.24, 2.45) is 5.92 Å². The van der Waals surface area contributed by atoms with Gasteiger partial charge in [0.05, 0.1) is 5.02 Å². The fourth-order valence-electron chi connectivity index (χ4n) is 2.23. The van der Waals surface area contributed by atoms with E-state index in [4.69, 9.17) is 11.6 Å². The zero-order valence-electron chi connectivity index (χ0n) is 11.4. The van der Waals surface area contributed by atoms with Crippen molar-refractivity contribution >= 4 is 23.3 Å². The minimum atomic E-state index is -0.179. The minimum Gasteiger partial charge on any atom is -0.370 e. The lowest BCUT2D eigenvalue weighted by Crippen LogP contribution is -2.43. The highest BCUT2D eigenvalue weighted by Crippen LogP contribution is 2.27. The molecule has 0 spiro atoms. The van der Waals surface area contributed by atoms with Crippen molar-refractivity contribution in [1.29, 1.82) is 0 Å². The Balaban J connectivity index is 2.02. The fraction of sp³-hybridized carbons (Fsp3) is 0.571. The topological polar surface area (TPSA) is 54.0 Å². The van der Waals surface area contributed by atoms with E-state index in [9.17, 15) is 4.79 Å². The number of amides is 1. The van der Waals surface area contributed by atoms with Crippen LogP contribution in [0.25, 0.3) is 0 Å². The van der Waals surface area contributed by atoms with Crippen LogP contribution < -0.4 is 10.6 Å². The summed E-state index contributed by atoms with van der Waals surface area (Å²) in [5.41, 5.74) is 0.308. The Kier molecular flexibility index (Phi) is 4.64. The first kappa shape index (κ1) is 14.1. The summed E-state index contributed by atoms with van der Waals surface area (Å²) in [5.74, 6) is 1.21. The number of carbonyl (C=O) groups excluding carboxylic acids is 1. The quantitative estimate of drug-likeness (QED) is 0.872. The third kappa shape index (κ3) is 3.60. The molecule has 1 saturated carbocycles. The van der Waals surface area contributed by atoms with Gasteiger partial charge in [-0.3, -0.25) is 4.79 Å². The van der Waals surface area contributed by atoms with Crippen molar-refractivity contribution in [3.05, 3.63) is 22.8 Å². The van der Waals surface area contributed by atoms with E-state index in [0.717, 1.165) is 25.8 Å². The van der Waals surface area contributed by atoms with Gasteiger partial charge in [-0.15, -0.1) is 0 Å². The van der Waals surface area contributed by atoms with Gasteiger partial charge in [0, 0.05) is 12.6 Å². The van der Waals surface area contributed by atoms with Crippen molar-refractivity contribution in [3.63, 3.8) is 0 Å². The molecule has 4 nitrogen and oxygen atoms in total. The first-order chi connectivity index (χ1) is 9.10. The molecular weight excluding hydrogens is 262 g/mol. The standard InChI is InChI=1S/C14H20ClN3O/c1-3-6-16-12-5-4-11(15)13(18-12)14(19)17-10-7-9(2)8-10/h4-5,9-10H,3,6-8H2,1-2H3,(H,16,18)(H,17,19). The number of nitrogens with one attached hydrogen (secondary N) is 2. The Morgan fingerprint density at radius 3 is 2.84 bits per heavy atom. The molecular formula is C14H20ClN3O. The van der Waals surface area contributed by atoms with E-state index in [1.807, 2.05) is 0 Å². The van der Waals surface area contributed by atoms with Gasteiger partial charge in [0.1, 0.15) is 11.5 Å². The summed E-state index contributed by atoms with van der Waals surface area (Å²) in [6, 6.07) is 3.78. The summed E-state index contributed by atoms with van der Waals surface area (Å²) in [6.07, 6.45) is 3.08. The Morgan fingerprint density at radius 1 is 1.47 bits per heavy atom. The molecule has 0 saturated heterocycles. The lowest BCUT2D eigenvalue weighted by Gasteiger charge is -2.33. The van der Waals surface area contributed by atoms with Crippen LogP contribution in [-0.4, -0.2) is 23.5 Å². The molecule has 1 aromatic heterocycles. The molecule has 2 N–H and O–H groups in total. The summed E-state index contributed by atoms with van der Waals surface area (Å²) in [5, 5.41) is 6.52. The molecule has 1 aromatic rings. The predicted octanol–water partition coefficient (Wildman–Crippen LogP) is 3.09. The molecule has 104 valence electrons. The average molecular weight is 282 g/mol. The maximum atomic E-state index is 12.1. The van der Waals surface area contributed by atoms with Crippen molar-refractivity contribution in [1.82, 2.24) is 10.3 Å². The highest BCUT2D eigenvalue weighted by atomic mass is 35.5. The van der Waals surface area contributed by atoms with E-state index in [1.165, 1.54) is 0 Å². The van der Waals surface area contributed by atoms with Gasteiger partial charge in [0.25, 0.3) is 5.91 Å². The molecule has 5 heteroatoms. The average Bonchev–Trinajstić information content (AvgIpc) is 2.35. The molecule has 1 amide bonds. The smallest absolute Gasteiger partial charge is 0.271 e. The predicted molar refractivity (Wildman–Crippen MR) is 77.7 cm³/mol. The van der Waals surface area contributed by atoms with Crippen LogP contribution in [0.3, 0.4) is 0 Å². The molecule has 2 rings (SSSR count). The fourth-order valence-corrected chi connectivity index (χ4v) is 2.42. The van der Waals surface area contributed by atoms with Gasteiger partial charge in [-0.2, -0.15) is 0 Å². The van der Waals surface area contributed by atoms with E-state index in [1.54, 1.807) is 12.1 Å². The molecule has 0 aliphatic heterocycles. The maximum Gasteiger partial charge on any atom is 0.271 e. The summed E-state index contributed by atoms with van der Waals surface area (Å²) in [4.78, 5) is 16.4. The number of hydrogen-bond donors (Lipinski definition) is 2. The van der Waals surface area contributed by atoms with Crippen LogP contribution >= 0.6 is 11.6 Å². The van der Waals surface area contributed by atoms with Gasteiger partial charge in [-0.1, -0.05) is 25.4 Å². The maximum absolute atomic E-state index is 12.1. The van der Waals surface area contributed by atoms with Gasteiger partial charge >= 0.3 is 0 Å².